The Hall–Kier alpha value is -3.40. The van der Waals surface area contributed by atoms with E-state index in [1.54, 1.807) is 56.3 Å². The topological polar surface area (TPSA) is 110 Å². The lowest BCUT2D eigenvalue weighted by Gasteiger charge is -2.22. The SMILES string of the molecule is CCOC(=O)CN(C(=O)COC(=O)c1ccc2c(c1)CC(C)N2S(C)(=O)=O)c1ccccc1. The van der Waals surface area contributed by atoms with Gasteiger partial charge in [-0.2, -0.15) is 0 Å². The number of ether oxygens (including phenoxy) is 2. The monoisotopic (exact) mass is 474 g/mol. The summed E-state index contributed by atoms with van der Waals surface area (Å²) in [5.41, 5.74) is 1.92. The Kier molecular flexibility index (Phi) is 7.37. The summed E-state index contributed by atoms with van der Waals surface area (Å²) in [6.45, 7) is 2.75. The number of anilines is 2. The number of para-hydroxylation sites is 1. The van der Waals surface area contributed by atoms with Gasteiger partial charge in [0.15, 0.2) is 6.61 Å². The summed E-state index contributed by atoms with van der Waals surface area (Å²) in [5, 5.41) is 0. The fraction of sp³-hybridized carbons (Fsp3) is 0.348. The summed E-state index contributed by atoms with van der Waals surface area (Å²) >= 11 is 0. The molecule has 1 atom stereocenters. The highest BCUT2D eigenvalue weighted by Crippen LogP contribution is 2.34. The van der Waals surface area contributed by atoms with Crippen LogP contribution < -0.4 is 9.21 Å². The zero-order chi connectivity index (χ0) is 24.2. The van der Waals surface area contributed by atoms with E-state index >= 15 is 0 Å². The van der Waals surface area contributed by atoms with Gasteiger partial charge < -0.3 is 9.47 Å². The first-order chi connectivity index (χ1) is 15.6. The van der Waals surface area contributed by atoms with Gasteiger partial charge in [0, 0.05) is 11.7 Å². The summed E-state index contributed by atoms with van der Waals surface area (Å²) in [6, 6.07) is 12.9. The molecule has 9 nitrogen and oxygen atoms in total. The average Bonchev–Trinajstić information content (AvgIpc) is 3.11. The van der Waals surface area contributed by atoms with E-state index in [0.717, 1.165) is 6.26 Å². The van der Waals surface area contributed by atoms with Crippen LogP contribution in [0.2, 0.25) is 0 Å². The van der Waals surface area contributed by atoms with E-state index in [1.807, 2.05) is 0 Å². The van der Waals surface area contributed by atoms with Gasteiger partial charge in [-0.1, -0.05) is 18.2 Å². The molecule has 1 heterocycles. The normalized spacial score (nSPS) is 15.0. The van der Waals surface area contributed by atoms with Gasteiger partial charge in [-0.25, -0.2) is 13.2 Å². The molecule has 2 aromatic rings. The number of hydrogen-bond acceptors (Lipinski definition) is 7. The highest BCUT2D eigenvalue weighted by Gasteiger charge is 2.33. The van der Waals surface area contributed by atoms with Crippen LogP contribution in [-0.4, -0.2) is 58.3 Å². The molecule has 0 radical (unpaired) electrons. The average molecular weight is 475 g/mol. The van der Waals surface area contributed by atoms with Crippen molar-refractivity contribution in [1.82, 2.24) is 0 Å². The molecule has 0 fully saturated rings. The van der Waals surface area contributed by atoms with E-state index in [4.69, 9.17) is 9.47 Å². The zero-order valence-electron chi connectivity index (χ0n) is 18.7. The molecule has 0 saturated heterocycles. The van der Waals surface area contributed by atoms with Crippen molar-refractivity contribution in [3.8, 4) is 0 Å². The van der Waals surface area contributed by atoms with Crippen molar-refractivity contribution in [1.29, 1.82) is 0 Å². The number of fused-ring (bicyclic) bond motifs is 1. The molecule has 176 valence electrons. The first kappa shape index (κ1) is 24.2. The van der Waals surface area contributed by atoms with Crippen LogP contribution in [0.3, 0.4) is 0 Å². The number of sulfonamides is 1. The largest absolute Gasteiger partial charge is 0.465 e. The van der Waals surface area contributed by atoms with E-state index in [-0.39, 0.29) is 24.8 Å². The maximum Gasteiger partial charge on any atom is 0.338 e. The fourth-order valence-corrected chi connectivity index (χ4v) is 5.05. The van der Waals surface area contributed by atoms with Gasteiger partial charge in [-0.3, -0.25) is 18.8 Å². The van der Waals surface area contributed by atoms with Crippen LogP contribution >= 0.6 is 0 Å². The van der Waals surface area contributed by atoms with Crippen LogP contribution in [0, 0.1) is 0 Å². The molecule has 1 aliphatic rings. The van der Waals surface area contributed by atoms with E-state index in [0.29, 0.717) is 23.4 Å². The molecule has 0 bridgehead atoms. The predicted molar refractivity (Wildman–Crippen MR) is 123 cm³/mol. The Morgan fingerprint density at radius 2 is 1.79 bits per heavy atom. The molecule has 0 N–H and O–H groups in total. The Morgan fingerprint density at radius 1 is 1.09 bits per heavy atom. The summed E-state index contributed by atoms with van der Waals surface area (Å²) < 4.78 is 35.6. The second-order valence-electron chi connectivity index (χ2n) is 7.65. The number of amides is 1. The van der Waals surface area contributed by atoms with Crippen LogP contribution in [0.15, 0.2) is 48.5 Å². The van der Waals surface area contributed by atoms with Gasteiger partial charge in [0.2, 0.25) is 10.0 Å². The Bertz CT molecular complexity index is 1150. The minimum Gasteiger partial charge on any atom is -0.465 e. The molecule has 3 rings (SSSR count). The summed E-state index contributed by atoms with van der Waals surface area (Å²) in [7, 11) is -3.44. The molecule has 0 aromatic heterocycles. The molecular formula is C23H26N2O7S. The molecular weight excluding hydrogens is 448 g/mol. The minimum atomic E-state index is -3.44. The first-order valence-corrected chi connectivity index (χ1v) is 12.3. The zero-order valence-corrected chi connectivity index (χ0v) is 19.5. The number of hydrogen-bond donors (Lipinski definition) is 0. The lowest BCUT2D eigenvalue weighted by molar-refractivity contribution is -0.142. The van der Waals surface area contributed by atoms with Crippen molar-refractivity contribution < 1.29 is 32.3 Å². The third-order valence-corrected chi connectivity index (χ3v) is 6.38. The molecule has 1 unspecified atom stereocenters. The highest BCUT2D eigenvalue weighted by atomic mass is 32.2. The van der Waals surface area contributed by atoms with Gasteiger partial charge in [0.1, 0.15) is 6.54 Å². The summed E-state index contributed by atoms with van der Waals surface area (Å²) in [6.07, 6.45) is 1.60. The first-order valence-electron chi connectivity index (χ1n) is 10.4. The van der Waals surface area contributed by atoms with Crippen molar-refractivity contribution in [2.75, 3.05) is 35.2 Å². The Balaban J connectivity index is 1.71. The number of rotatable bonds is 8. The predicted octanol–water partition coefficient (Wildman–Crippen LogP) is 2.15. The highest BCUT2D eigenvalue weighted by molar-refractivity contribution is 7.92. The van der Waals surface area contributed by atoms with Crippen molar-refractivity contribution in [3.63, 3.8) is 0 Å². The molecule has 1 aliphatic heterocycles. The van der Waals surface area contributed by atoms with Crippen LogP contribution in [0.25, 0.3) is 0 Å². The van der Waals surface area contributed by atoms with Gasteiger partial charge in [0.05, 0.1) is 24.1 Å². The molecule has 10 heteroatoms. The number of esters is 2. The second kappa shape index (κ2) is 10.0. The van der Waals surface area contributed by atoms with Gasteiger partial charge >= 0.3 is 11.9 Å². The van der Waals surface area contributed by atoms with Crippen LogP contribution in [0.1, 0.15) is 29.8 Å². The summed E-state index contributed by atoms with van der Waals surface area (Å²) in [5.74, 6) is -1.88. The van der Waals surface area contributed by atoms with Crippen LogP contribution in [0.4, 0.5) is 11.4 Å². The minimum absolute atomic E-state index is 0.179. The maximum atomic E-state index is 12.8. The number of benzene rings is 2. The summed E-state index contributed by atoms with van der Waals surface area (Å²) in [4.78, 5) is 38.5. The standard InChI is InChI=1S/C23H26N2O7S/c1-4-31-22(27)14-24(19-8-6-5-7-9-19)21(26)15-32-23(28)17-10-11-20-18(13-17)12-16(2)25(20)33(3,29)30/h5-11,13,16H,4,12,14-15H2,1-3H3. The molecule has 0 aliphatic carbocycles. The maximum absolute atomic E-state index is 12.8. The fourth-order valence-electron chi connectivity index (χ4n) is 3.79. The Labute approximate surface area is 192 Å². The lowest BCUT2D eigenvalue weighted by Crippen LogP contribution is -2.39. The van der Waals surface area contributed by atoms with Crippen molar-refractivity contribution in [2.24, 2.45) is 0 Å². The van der Waals surface area contributed by atoms with Crippen LogP contribution in [-0.2, 0) is 35.5 Å². The Morgan fingerprint density at radius 3 is 2.42 bits per heavy atom. The van der Waals surface area contributed by atoms with Gasteiger partial charge in [-0.05, 0) is 56.2 Å². The third kappa shape index (κ3) is 5.70. The molecule has 1 amide bonds. The molecule has 0 spiro atoms. The third-order valence-electron chi connectivity index (χ3n) is 5.11. The molecule has 0 saturated carbocycles. The number of nitrogens with zero attached hydrogens (tertiary/aromatic N) is 2. The lowest BCUT2D eigenvalue weighted by atomic mass is 10.1. The quantitative estimate of drug-likeness (QED) is 0.539. The smallest absolute Gasteiger partial charge is 0.338 e. The molecule has 33 heavy (non-hydrogen) atoms. The van der Waals surface area contributed by atoms with E-state index in [9.17, 15) is 22.8 Å². The van der Waals surface area contributed by atoms with Gasteiger partial charge in [-0.15, -0.1) is 0 Å². The van der Waals surface area contributed by atoms with Crippen molar-refractivity contribution in [2.45, 2.75) is 26.3 Å². The number of carbonyl (C=O) groups excluding carboxylic acids is 3. The van der Waals surface area contributed by atoms with E-state index < -0.39 is 34.5 Å². The van der Waals surface area contributed by atoms with Gasteiger partial charge in [0.25, 0.3) is 5.91 Å². The van der Waals surface area contributed by atoms with E-state index in [2.05, 4.69) is 0 Å². The second-order valence-corrected chi connectivity index (χ2v) is 9.51. The van der Waals surface area contributed by atoms with Crippen molar-refractivity contribution >= 4 is 39.2 Å². The van der Waals surface area contributed by atoms with Crippen molar-refractivity contribution in [3.05, 3.63) is 59.7 Å². The van der Waals surface area contributed by atoms with Crippen LogP contribution in [0.5, 0.6) is 0 Å². The molecule has 2 aromatic carbocycles. The van der Waals surface area contributed by atoms with E-state index in [1.165, 1.54) is 15.3 Å². The number of carbonyl (C=O) groups is 3.